The maximum atomic E-state index is 14.9. The predicted octanol–water partition coefficient (Wildman–Crippen LogP) is 9.30. The molecule has 0 bridgehead atoms. The third-order valence-corrected chi connectivity index (χ3v) is 8.12. The zero-order valence-electron chi connectivity index (χ0n) is 24.9. The van der Waals surface area contributed by atoms with Gasteiger partial charge in [0.1, 0.15) is 35.4 Å². The highest BCUT2D eigenvalue weighted by molar-refractivity contribution is 6.09. The Morgan fingerprint density at radius 3 is 2.34 bits per heavy atom. The highest BCUT2D eigenvalue weighted by atomic mass is 19.4. The molecular formula is C37H25F3N6O. The van der Waals surface area contributed by atoms with Gasteiger partial charge in [-0.1, -0.05) is 54.6 Å². The van der Waals surface area contributed by atoms with Crippen molar-refractivity contribution in [1.82, 2.24) is 19.3 Å². The second kappa shape index (κ2) is 11.1. The molecule has 7 aromatic rings. The van der Waals surface area contributed by atoms with Crippen LogP contribution < -0.4 is 4.74 Å². The standard InChI is InChI=1S/C37H25F3N6O/c1-23-16-17-42-33(18-23)45-31-13-6-5-12-28(31)29-15-14-27(20-32(29)45)47-26-11-7-10-25(19-26)46-36(37(38,39)40)34(24-8-3-2-4-9-24)35(44-46)30-21-41-22-43-30/h2-22,30H,1H3. The Hall–Kier alpha value is -6.03. The topological polar surface area (TPSA) is 69.6 Å². The number of hydrogen-bond acceptors (Lipinski definition) is 5. The van der Waals surface area contributed by atoms with Crippen LogP contribution in [-0.4, -0.2) is 31.9 Å². The molecule has 230 valence electrons. The maximum Gasteiger partial charge on any atom is 0.434 e. The predicted molar refractivity (Wildman–Crippen MR) is 177 cm³/mol. The van der Waals surface area contributed by atoms with Crippen molar-refractivity contribution in [2.45, 2.75) is 19.1 Å². The van der Waals surface area contributed by atoms with Gasteiger partial charge in [-0.2, -0.15) is 18.3 Å². The molecule has 1 atom stereocenters. The Balaban J connectivity index is 1.24. The lowest BCUT2D eigenvalue weighted by atomic mass is 9.99. The minimum absolute atomic E-state index is 0.0389. The van der Waals surface area contributed by atoms with Crippen LogP contribution >= 0.6 is 0 Å². The number of benzene rings is 4. The largest absolute Gasteiger partial charge is 0.457 e. The van der Waals surface area contributed by atoms with Gasteiger partial charge in [-0.3, -0.25) is 9.56 Å². The molecule has 0 radical (unpaired) electrons. The molecule has 4 aromatic carbocycles. The van der Waals surface area contributed by atoms with E-state index in [2.05, 4.69) is 30.7 Å². The van der Waals surface area contributed by atoms with Crippen LogP contribution in [0.2, 0.25) is 0 Å². The number of hydrogen-bond donors (Lipinski definition) is 0. The molecule has 0 saturated carbocycles. The molecule has 1 aliphatic heterocycles. The van der Waals surface area contributed by atoms with Gasteiger partial charge in [-0.15, -0.1) is 0 Å². The lowest BCUT2D eigenvalue weighted by molar-refractivity contribution is -0.142. The highest BCUT2D eigenvalue weighted by Crippen LogP contribution is 2.43. The van der Waals surface area contributed by atoms with Crippen molar-refractivity contribution < 1.29 is 17.9 Å². The fourth-order valence-corrected chi connectivity index (χ4v) is 6.11. The van der Waals surface area contributed by atoms with E-state index in [0.717, 1.165) is 37.9 Å². The van der Waals surface area contributed by atoms with E-state index in [9.17, 15) is 13.2 Å². The zero-order valence-corrected chi connectivity index (χ0v) is 24.9. The van der Waals surface area contributed by atoms with Crippen molar-refractivity contribution in [2.75, 3.05) is 0 Å². The van der Waals surface area contributed by atoms with Crippen LogP contribution in [0.4, 0.5) is 13.2 Å². The Morgan fingerprint density at radius 1 is 0.766 bits per heavy atom. The molecule has 0 fully saturated rings. The smallest absolute Gasteiger partial charge is 0.434 e. The van der Waals surface area contributed by atoms with Gasteiger partial charge in [0, 0.05) is 40.9 Å². The molecule has 7 nitrogen and oxygen atoms in total. The molecule has 1 aliphatic rings. The van der Waals surface area contributed by atoms with E-state index < -0.39 is 17.9 Å². The number of fused-ring (bicyclic) bond motifs is 3. The Bertz CT molecular complexity index is 2340. The van der Waals surface area contributed by atoms with Gasteiger partial charge in [0.05, 0.1) is 16.7 Å². The van der Waals surface area contributed by atoms with E-state index in [4.69, 9.17) is 4.74 Å². The number of halogens is 3. The molecule has 0 spiro atoms. The van der Waals surface area contributed by atoms with Crippen molar-refractivity contribution >= 4 is 34.4 Å². The molecule has 10 heteroatoms. The van der Waals surface area contributed by atoms with Crippen molar-refractivity contribution in [1.29, 1.82) is 0 Å². The lowest BCUT2D eigenvalue weighted by Crippen LogP contribution is -2.14. The average molecular weight is 627 g/mol. The third-order valence-electron chi connectivity index (χ3n) is 8.12. The molecule has 8 rings (SSSR count). The van der Waals surface area contributed by atoms with Crippen molar-refractivity contribution in [2.24, 2.45) is 9.98 Å². The maximum absolute atomic E-state index is 14.9. The number of rotatable bonds is 6. The molecule has 4 heterocycles. The van der Waals surface area contributed by atoms with Gasteiger partial charge in [0.15, 0.2) is 5.69 Å². The van der Waals surface area contributed by atoms with Gasteiger partial charge >= 0.3 is 6.18 Å². The first-order valence-corrected chi connectivity index (χ1v) is 14.9. The van der Waals surface area contributed by atoms with E-state index in [1.807, 2.05) is 55.5 Å². The Morgan fingerprint density at radius 2 is 1.55 bits per heavy atom. The fourth-order valence-electron chi connectivity index (χ4n) is 6.11. The van der Waals surface area contributed by atoms with Crippen LogP contribution in [0.5, 0.6) is 11.5 Å². The number of para-hydroxylation sites is 1. The van der Waals surface area contributed by atoms with Crippen LogP contribution in [0.3, 0.4) is 0 Å². The van der Waals surface area contributed by atoms with E-state index in [1.165, 1.54) is 12.6 Å². The summed E-state index contributed by atoms with van der Waals surface area (Å²) in [6, 6.07) is 32.0. The average Bonchev–Trinajstić information content (AvgIpc) is 3.82. The summed E-state index contributed by atoms with van der Waals surface area (Å²) in [5.41, 5.74) is 2.76. The highest BCUT2D eigenvalue weighted by Gasteiger charge is 2.42. The minimum atomic E-state index is -4.73. The van der Waals surface area contributed by atoms with E-state index in [1.54, 1.807) is 60.8 Å². The number of ether oxygens (including phenoxy) is 1. The monoisotopic (exact) mass is 626 g/mol. The Labute approximate surface area is 266 Å². The second-order valence-electron chi connectivity index (χ2n) is 11.2. The Kier molecular flexibility index (Phi) is 6.71. The van der Waals surface area contributed by atoms with Gasteiger partial charge in [-0.05, 0) is 60.5 Å². The van der Waals surface area contributed by atoms with Crippen LogP contribution in [0.15, 0.2) is 125 Å². The van der Waals surface area contributed by atoms with Crippen LogP contribution in [-0.2, 0) is 6.18 Å². The molecule has 0 aliphatic carbocycles. The zero-order chi connectivity index (χ0) is 32.1. The van der Waals surface area contributed by atoms with E-state index >= 15 is 0 Å². The molecule has 1 unspecified atom stereocenters. The first kappa shape index (κ1) is 28.4. The first-order valence-electron chi connectivity index (χ1n) is 14.9. The molecular weight excluding hydrogens is 601 g/mol. The first-order chi connectivity index (χ1) is 22.8. The number of alkyl halides is 3. The van der Waals surface area contributed by atoms with Crippen molar-refractivity contribution in [3.05, 3.63) is 132 Å². The molecule has 0 amide bonds. The lowest BCUT2D eigenvalue weighted by Gasteiger charge is -2.14. The van der Waals surface area contributed by atoms with Gasteiger partial charge in [0.25, 0.3) is 0 Å². The van der Waals surface area contributed by atoms with E-state index in [-0.39, 0.29) is 16.9 Å². The fraction of sp³-hybridized carbons (Fsp3) is 0.0811. The molecule has 0 saturated heterocycles. The number of nitrogens with zero attached hydrogens (tertiary/aromatic N) is 6. The molecule has 3 aromatic heterocycles. The summed E-state index contributed by atoms with van der Waals surface area (Å²) in [6.45, 7) is 2.02. The van der Waals surface area contributed by atoms with Crippen LogP contribution in [0.25, 0.3) is 44.4 Å². The summed E-state index contributed by atoms with van der Waals surface area (Å²) < 4.78 is 54.0. The van der Waals surface area contributed by atoms with Crippen LogP contribution in [0, 0.1) is 6.92 Å². The number of aryl methyl sites for hydroxylation is 1. The van der Waals surface area contributed by atoms with Crippen molar-refractivity contribution in [3.63, 3.8) is 0 Å². The quantitative estimate of drug-likeness (QED) is 0.185. The molecule has 47 heavy (non-hydrogen) atoms. The van der Waals surface area contributed by atoms with Gasteiger partial charge in [-0.25, -0.2) is 14.7 Å². The number of pyridine rings is 1. The summed E-state index contributed by atoms with van der Waals surface area (Å²) in [7, 11) is 0. The third kappa shape index (κ3) is 5.04. The second-order valence-corrected chi connectivity index (χ2v) is 11.2. The van der Waals surface area contributed by atoms with Gasteiger partial charge < -0.3 is 4.74 Å². The summed E-state index contributed by atoms with van der Waals surface area (Å²) >= 11 is 0. The SMILES string of the molecule is Cc1ccnc(-n2c3ccccc3c3ccc(Oc4cccc(-n5nc(C6C=NC=N6)c(-c6ccccc6)c5C(F)(F)F)c4)cc32)c1. The van der Waals surface area contributed by atoms with E-state index in [0.29, 0.717) is 17.1 Å². The van der Waals surface area contributed by atoms with Crippen molar-refractivity contribution in [3.8, 4) is 34.1 Å². The van der Waals surface area contributed by atoms with Crippen LogP contribution in [0.1, 0.15) is 23.0 Å². The number of aliphatic imine (C=N–C) groups is 2. The summed E-state index contributed by atoms with van der Waals surface area (Å²) in [4.78, 5) is 12.9. The minimum Gasteiger partial charge on any atom is -0.457 e. The summed E-state index contributed by atoms with van der Waals surface area (Å²) in [5.74, 6) is 1.64. The molecule has 0 N–H and O–H groups in total. The number of aromatic nitrogens is 4. The summed E-state index contributed by atoms with van der Waals surface area (Å²) in [6.07, 6.45) is -0.136. The van der Waals surface area contributed by atoms with Gasteiger partial charge in [0.2, 0.25) is 0 Å². The summed E-state index contributed by atoms with van der Waals surface area (Å²) in [5, 5.41) is 6.59. The normalized spacial score (nSPS) is 14.4.